The molecule has 8 nitrogen and oxygen atoms in total. The van der Waals surface area contributed by atoms with Crippen LogP contribution in [0.1, 0.15) is 0 Å². The number of fused-ring (bicyclic) bond motifs is 1. The summed E-state index contributed by atoms with van der Waals surface area (Å²) in [5.41, 5.74) is 2.34. The number of hydrogen-bond acceptors (Lipinski definition) is 7. The average molecular weight is 423 g/mol. The predicted molar refractivity (Wildman–Crippen MR) is 125 cm³/mol. The highest BCUT2D eigenvalue weighted by molar-refractivity contribution is 5.85. The lowest BCUT2D eigenvalue weighted by Gasteiger charge is -2.11. The fourth-order valence-corrected chi connectivity index (χ4v) is 3.26. The van der Waals surface area contributed by atoms with Gasteiger partial charge in [-0.3, -0.25) is 4.57 Å². The van der Waals surface area contributed by atoms with Gasteiger partial charge in [-0.25, -0.2) is 9.97 Å². The van der Waals surface area contributed by atoms with Gasteiger partial charge in [-0.1, -0.05) is 42.5 Å². The Hall–Kier alpha value is -4.46. The van der Waals surface area contributed by atoms with Crippen LogP contribution in [0.5, 0.6) is 5.75 Å². The summed E-state index contributed by atoms with van der Waals surface area (Å²) in [5, 5.41) is 6.51. The summed E-state index contributed by atoms with van der Waals surface area (Å²) in [4.78, 5) is 18.2. The van der Waals surface area contributed by atoms with Crippen molar-refractivity contribution >= 4 is 28.7 Å². The highest BCUT2D eigenvalue weighted by Gasteiger charge is 2.14. The lowest BCUT2D eigenvalue weighted by molar-refractivity contribution is 0.333. The molecule has 0 amide bonds. The molecule has 0 unspecified atom stereocenters. The van der Waals surface area contributed by atoms with Crippen LogP contribution in [0.25, 0.3) is 16.9 Å². The molecule has 0 bridgehead atoms. The molecule has 0 saturated heterocycles. The molecule has 0 aliphatic rings. The molecule has 0 aliphatic heterocycles. The molecule has 0 radical (unpaired) electrons. The van der Waals surface area contributed by atoms with Crippen LogP contribution in [0.15, 0.2) is 91.4 Å². The number of pyridine rings is 1. The fraction of sp³-hybridized carbons (Fsp3) is 0.0833. The number of imidazole rings is 1. The van der Waals surface area contributed by atoms with E-state index in [0.29, 0.717) is 41.9 Å². The molecule has 8 heteroatoms. The predicted octanol–water partition coefficient (Wildman–Crippen LogP) is 4.45. The minimum Gasteiger partial charge on any atom is -0.492 e. The zero-order valence-electron chi connectivity index (χ0n) is 17.2. The van der Waals surface area contributed by atoms with Gasteiger partial charge in [-0.15, -0.1) is 0 Å². The van der Waals surface area contributed by atoms with Crippen LogP contribution in [0.4, 0.5) is 17.6 Å². The molecule has 0 spiro atoms. The fourth-order valence-electron chi connectivity index (χ4n) is 3.26. The van der Waals surface area contributed by atoms with Crippen LogP contribution in [0.3, 0.4) is 0 Å². The molecular formula is C24H21N7O. The zero-order chi connectivity index (χ0) is 21.6. The number of para-hydroxylation sites is 2. The Balaban J connectivity index is 1.44. The van der Waals surface area contributed by atoms with E-state index in [9.17, 15) is 0 Å². The van der Waals surface area contributed by atoms with Gasteiger partial charge >= 0.3 is 0 Å². The van der Waals surface area contributed by atoms with Crippen LogP contribution in [-0.2, 0) is 0 Å². The maximum Gasteiger partial charge on any atom is 0.232 e. The van der Waals surface area contributed by atoms with Crippen LogP contribution in [0.2, 0.25) is 0 Å². The van der Waals surface area contributed by atoms with Gasteiger partial charge in [-0.2, -0.15) is 9.97 Å². The van der Waals surface area contributed by atoms with E-state index in [0.717, 1.165) is 11.4 Å². The van der Waals surface area contributed by atoms with Gasteiger partial charge in [-0.05, 0) is 36.4 Å². The first kappa shape index (κ1) is 19.5. The van der Waals surface area contributed by atoms with Gasteiger partial charge in [0.2, 0.25) is 5.95 Å². The van der Waals surface area contributed by atoms with Gasteiger partial charge in [0, 0.05) is 11.9 Å². The molecule has 3 heterocycles. The number of aromatic nitrogens is 5. The van der Waals surface area contributed by atoms with Crippen molar-refractivity contribution < 1.29 is 4.74 Å². The van der Waals surface area contributed by atoms with Crippen molar-refractivity contribution in [1.82, 2.24) is 24.5 Å². The van der Waals surface area contributed by atoms with Gasteiger partial charge in [0.15, 0.2) is 17.0 Å². The minimum absolute atomic E-state index is 0.431. The third kappa shape index (κ3) is 4.34. The van der Waals surface area contributed by atoms with Crippen LogP contribution in [0, 0.1) is 0 Å². The Labute approximate surface area is 185 Å². The smallest absolute Gasteiger partial charge is 0.232 e. The first-order valence-corrected chi connectivity index (χ1v) is 10.3. The summed E-state index contributed by atoms with van der Waals surface area (Å²) >= 11 is 0. The van der Waals surface area contributed by atoms with E-state index in [1.807, 2.05) is 83.4 Å². The van der Waals surface area contributed by atoms with E-state index in [1.54, 1.807) is 12.5 Å². The van der Waals surface area contributed by atoms with Crippen molar-refractivity contribution in [3.63, 3.8) is 0 Å². The Kier molecular flexibility index (Phi) is 5.56. The third-order valence-corrected chi connectivity index (χ3v) is 4.74. The molecule has 2 N–H and O–H groups in total. The summed E-state index contributed by atoms with van der Waals surface area (Å²) in [6.45, 7) is 1.04. The molecule has 158 valence electrons. The van der Waals surface area contributed by atoms with Gasteiger partial charge < -0.3 is 15.4 Å². The second-order valence-electron chi connectivity index (χ2n) is 6.95. The highest BCUT2D eigenvalue weighted by atomic mass is 16.5. The van der Waals surface area contributed by atoms with Crippen molar-refractivity contribution in [2.45, 2.75) is 0 Å². The van der Waals surface area contributed by atoms with Gasteiger partial charge in [0.05, 0.1) is 6.54 Å². The molecule has 0 saturated carbocycles. The molecule has 0 fully saturated rings. The zero-order valence-corrected chi connectivity index (χ0v) is 17.2. The van der Waals surface area contributed by atoms with E-state index < -0.39 is 0 Å². The first-order chi connectivity index (χ1) is 15.9. The summed E-state index contributed by atoms with van der Waals surface area (Å²) in [7, 11) is 0. The molecule has 32 heavy (non-hydrogen) atoms. The number of hydrogen-bond donors (Lipinski definition) is 2. The number of nitrogens with one attached hydrogen (secondary N) is 2. The average Bonchev–Trinajstić information content (AvgIpc) is 3.28. The molecule has 5 rings (SSSR count). The van der Waals surface area contributed by atoms with Crippen molar-refractivity contribution in [2.75, 3.05) is 23.8 Å². The summed E-state index contributed by atoms with van der Waals surface area (Å²) in [5.74, 6) is 2.55. The lowest BCUT2D eigenvalue weighted by Crippen LogP contribution is -2.14. The Morgan fingerprint density at radius 2 is 1.59 bits per heavy atom. The summed E-state index contributed by atoms with van der Waals surface area (Å²) in [6, 6.07) is 25.3. The van der Waals surface area contributed by atoms with Crippen molar-refractivity contribution in [1.29, 1.82) is 0 Å². The summed E-state index contributed by atoms with van der Waals surface area (Å²) < 4.78 is 7.72. The number of ether oxygens (including phenoxy) is 1. The highest BCUT2D eigenvalue weighted by Crippen LogP contribution is 2.24. The van der Waals surface area contributed by atoms with Crippen molar-refractivity contribution in [3.05, 3.63) is 91.4 Å². The number of anilines is 3. The number of rotatable bonds is 8. The molecule has 0 aliphatic carbocycles. The molecule has 2 aromatic carbocycles. The van der Waals surface area contributed by atoms with E-state index in [4.69, 9.17) is 9.72 Å². The standard InChI is InChI=1S/C24H21N7O/c1-3-9-18(10-4-1)31-17-27-21-22(26-15-16-32-19-11-5-2-6-12-19)29-24(30-23(21)31)28-20-13-7-8-14-25-20/h1-14,17H,15-16H2,(H2,25,26,28,29,30). The minimum atomic E-state index is 0.431. The normalized spacial score (nSPS) is 10.8. The van der Waals surface area contributed by atoms with Crippen molar-refractivity contribution in [2.24, 2.45) is 0 Å². The molecule has 5 aromatic rings. The Morgan fingerprint density at radius 3 is 2.38 bits per heavy atom. The van der Waals surface area contributed by atoms with E-state index >= 15 is 0 Å². The Morgan fingerprint density at radius 1 is 0.812 bits per heavy atom. The summed E-state index contributed by atoms with van der Waals surface area (Å²) in [6.07, 6.45) is 3.47. The third-order valence-electron chi connectivity index (χ3n) is 4.74. The lowest BCUT2D eigenvalue weighted by atomic mass is 10.3. The monoisotopic (exact) mass is 423 g/mol. The maximum atomic E-state index is 5.78. The number of benzene rings is 2. The largest absolute Gasteiger partial charge is 0.492 e. The molecule has 3 aromatic heterocycles. The second kappa shape index (κ2) is 9.13. The quantitative estimate of drug-likeness (QED) is 0.357. The van der Waals surface area contributed by atoms with Crippen molar-refractivity contribution in [3.8, 4) is 11.4 Å². The molecular weight excluding hydrogens is 402 g/mol. The Bertz CT molecular complexity index is 1290. The van der Waals surface area contributed by atoms with E-state index in [2.05, 4.69) is 25.6 Å². The van der Waals surface area contributed by atoms with Gasteiger partial charge in [0.25, 0.3) is 0 Å². The second-order valence-corrected chi connectivity index (χ2v) is 6.95. The maximum absolute atomic E-state index is 5.78. The van der Waals surface area contributed by atoms with Crippen LogP contribution < -0.4 is 15.4 Å². The van der Waals surface area contributed by atoms with Crippen LogP contribution in [-0.4, -0.2) is 37.7 Å². The topological polar surface area (TPSA) is 89.8 Å². The first-order valence-electron chi connectivity index (χ1n) is 10.3. The van der Waals surface area contributed by atoms with Crippen LogP contribution >= 0.6 is 0 Å². The number of nitrogens with zero attached hydrogens (tertiary/aromatic N) is 5. The van der Waals surface area contributed by atoms with Gasteiger partial charge in [0.1, 0.15) is 24.5 Å². The SMILES string of the molecule is c1ccc(OCCNc2nc(Nc3ccccn3)nc3c2ncn3-c2ccccc2)cc1. The molecule has 0 atom stereocenters. The van der Waals surface area contributed by atoms with E-state index in [1.165, 1.54) is 0 Å². The van der Waals surface area contributed by atoms with E-state index in [-0.39, 0.29) is 0 Å².